The van der Waals surface area contributed by atoms with Crippen LogP contribution in [0, 0.1) is 0 Å². The number of rotatable bonds is 7. The summed E-state index contributed by atoms with van der Waals surface area (Å²) in [6, 6.07) is 19.7. The lowest BCUT2D eigenvalue weighted by Gasteiger charge is -2.27. The second-order valence-corrected chi connectivity index (χ2v) is 8.93. The number of benzene rings is 3. The molecular weight excluding hydrogens is 498 g/mol. The fourth-order valence-electron chi connectivity index (χ4n) is 4.62. The van der Waals surface area contributed by atoms with Crippen molar-refractivity contribution >= 4 is 28.4 Å². The van der Waals surface area contributed by atoms with Gasteiger partial charge in [0.25, 0.3) is 11.8 Å². The molecule has 2 amide bonds. The highest BCUT2D eigenvalue weighted by atomic mass is 16.5. The molecule has 1 saturated heterocycles. The Labute approximate surface area is 226 Å². The van der Waals surface area contributed by atoms with Crippen LogP contribution in [-0.2, 0) is 4.74 Å². The van der Waals surface area contributed by atoms with E-state index in [-0.39, 0.29) is 11.8 Å². The third kappa shape index (κ3) is 5.35. The van der Waals surface area contributed by atoms with Crippen molar-refractivity contribution in [1.82, 2.24) is 9.88 Å². The second-order valence-electron chi connectivity index (χ2n) is 8.93. The maximum Gasteiger partial charge on any atom is 0.256 e. The molecule has 0 atom stereocenters. The summed E-state index contributed by atoms with van der Waals surface area (Å²) in [5, 5.41) is 3.66. The van der Waals surface area contributed by atoms with E-state index >= 15 is 0 Å². The number of morpholine rings is 1. The van der Waals surface area contributed by atoms with E-state index in [0.29, 0.717) is 82.5 Å². The van der Waals surface area contributed by atoms with Crippen LogP contribution in [-0.4, -0.2) is 69.3 Å². The summed E-state index contributed by atoms with van der Waals surface area (Å²) >= 11 is 0. The first-order valence-electron chi connectivity index (χ1n) is 12.5. The lowest BCUT2D eigenvalue weighted by atomic mass is 10.0. The number of aromatic nitrogens is 1. The average molecular weight is 528 g/mol. The number of carbonyl (C=O) groups excluding carboxylic acids is 2. The van der Waals surface area contributed by atoms with Gasteiger partial charge in [0.2, 0.25) is 5.75 Å². The van der Waals surface area contributed by atoms with E-state index < -0.39 is 0 Å². The number of carbonyl (C=O) groups is 2. The van der Waals surface area contributed by atoms with Gasteiger partial charge in [-0.05, 0) is 42.5 Å². The number of nitrogens with one attached hydrogen (secondary N) is 1. The smallest absolute Gasteiger partial charge is 0.256 e. The van der Waals surface area contributed by atoms with E-state index in [9.17, 15) is 9.59 Å². The van der Waals surface area contributed by atoms with Gasteiger partial charge in [0.1, 0.15) is 0 Å². The van der Waals surface area contributed by atoms with Crippen molar-refractivity contribution in [1.29, 1.82) is 0 Å². The molecule has 0 aliphatic carbocycles. The van der Waals surface area contributed by atoms with E-state index in [0.717, 1.165) is 0 Å². The zero-order chi connectivity index (χ0) is 27.4. The number of para-hydroxylation sites is 1. The summed E-state index contributed by atoms with van der Waals surface area (Å²) in [5.74, 6) is 1.02. The Balaban J connectivity index is 1.50. The molecule has 4 aromatic rings. The molecule has 9 nitrogen and oxygen atoms in total. The second kappa shape index (κ2) is 11.4. The molecule has 1 aliphatic rings. The van der Waals surface area contributed by atoms with Crippen LogP contribution < -0.4 is 19.5 Å². The Morgan fingerprint density at radius 3 is 2.28 bits per heavy atom. The standard InChI is InChI=1S/C30H29N3O6/c1-36-26-16-20(17-27(37-2)28(26)38-3)25-18-23(22-9-4-5-10-24(22)32-25)29(34)31-21-8-6-7-19(15-21)30(35)33-11-13-39-14-12-33/h4-10,15-18H,11-14H2,1-3H3,(H,31,34). The maximum absolute atomic E-state index is 13.6. The molecule has 9 heteroatoms. The third-order valence-corrected chi connectivity index (χ3v) is 6.59. The highest BCUT2D eigenvalue weighted by Crippen LogP contribution is 2.41. The van der Waals surface area contributed by atoms with Crippen LogP contribution in [0.4, 0.5) is 5.69 Å². The average Bonchev–Trinajstić information content (AvgIpc) is 2.99. The minimum Gasteiger partial charge on any atom is -0.493 e. The minimum atomic E-state index is -0.321. The first-order chi connectivity index (χ1) is 19.0. The maximum atomic E-state index is 13.6. The number of fused-ring (bicyclic) bond motifs is 1. The lowest BCUT2D eigenvalue weighted by Crippen LogP contribution is -2.40. The number of nitrogens with zero attached hydrogens (tertiary/aromatic N) is 2. The fraction of sp³-hybridized carbons (Fsp3) is 0.233. The number of hydrogen-bond acceptors (Lipinski definition) is 7. The van der Waals surface area contributed by atoms with Gasteiger partial charge in [-0.2, -0.15) is 0 Å². The van der Waals surface area contributed by atoms with Crippen LogP contribution in [0.5, 0.6) is 17.2 Å². The molecule has 1 aromatic heterocycles. The van der Waals surface area contributed by atoms with Crippen molar-refractivity contribution in [3.63, 3.8) is 0 Å². The minimum absolute atomic E-state index is 0.0894. The lowest BCUT2D eigenvalue weighted by molar-refractivity contribution is 0.0303. The van der Waals surface area contributed by atoms with E-state index in [1.54, 1.807) is 68.7 Å². The summed E-state index contributed by atoms with van der Waals surface area (Å²) in [4.78, 5) is 33.1. The fourth-order valence-corrected chi connectivity index (χ4v) is 4.62. The predicted molar refractivity (Wildman–Crippen MR) is 148 cm³/mol. The molecule has 0 bridgehead atoms. The van der Waals surface area contributed by atoms with Crippen LogP contribution in [0.3, 0.4) is 0 Å². The highest BCUT2D eigenvalue weighted by Gasteiger charge is 2.21. The number of amides is 2. The van der Waals surface area contributed by atoms with Gasteiger partial charge in [0.15, 0.2) is 11.5 Å². The molecule has 1 N–H and O–H groups in total. The Bertz CT molecular complexity index is 1510. The van der Waals surface area contributed by atoms with Gasteiger partial charge in [0.05, 0.1) is 51.3 Å². The summed E-state index contributed by atoms with van der Waals surface area (Å²) in [6.45, 7) is 2.13. The van der Waals surface area contributed by atoms with Gasteiger partial charge in [-0.3, -0.25) is 9.59 Å². The molecule has 200 valence electrons. The highest BCUT2D eigenvalue weighted by molar-refractivity contribution is 6.13. The molecule has 0 spiro atoms. The van der Waals surface area contributed by atoms with E-state index in [4.69, 9.17) is 23.9 Å². The summed E-state index contributed by atoms with van der Waals surface area (Å²) < 4.78 is 21.8. The van der Waals surface area contributed by atoms with Gasteiger partial charge in [-0.25, -0.2) is 4.98 Å². The predicted octanol–water partition coefficient (Wildman–Crippen LogP) is 4.65. The SMILES string of the molecule is COc1cc(-c2cc(C(=O)Nc3cccc(C(=O)N4CCOCC4)c3)c3ccccc3n2)cc(OC)c1OC. The van der Waals surface area contributed by atoms with Crippen LogP contribution >= 0.6 is 0 Å². The largest absolute Gasteiger partial charge is 0.493 e. The van der Waals surface area contributed by atoms with Crippen molar-refractivity contribution in [2.45, 2.75) is 0 Å². The number of pyridine rings is 1. The molecule has 1 aliphatic heterocycles. The molecule has 0 radical (unpaired) electrons. The molecule has 5 rings (SSSR count). The van der Waals surface area contributed by atoms with Crippen LogP contribution in [0.1, 0.15) is 20.7 Å². The van der Waals surface area contributed by atoms with Gasteiger partial charge in [0, 0.05) is 35.3 Å². The Morgan fingerprint density at radius 1 is 0.872 bits per heavy atom. The van der Waals surface area contributed by atoms with Crippen LogP contribution in [0.2, 0.25) is 0 Å². The van der Waals surface area contributed by atoms with Crippen molar-refractivity contribution in [3.8, 4) is 28.5 Å². The Morgan fingerprint density at radius 2 is 1.59 bits per heavy atom. The summed E-state index contributed by atoms with van der Waals surface area (Å²) in [6.07, 6.45) is 0. The zero-order valence-electron chi connectivity index (χ0n) is 22.0. The molecule has 39 heavy (non-hydrogen) atoms. The van der Waals surface area contributed by atoms with Gasteiger partial charge >= 0.3 is 0 Å². The third-order valence-electron chi connectivity index (χ3n) is 6.59. The molecule has 3 aromatic carbocycles. The summed E-state index contributed by atoms with van der Waals surface area (Å²) in [5.41, 5.74) is 3.39. The van der Waals surface area contributed by atoms with Gasteiger partial charge < -0.3 is 29.2 Å². The first kappa shape index (κ1) is 26.0. The topological polar surface area (TPSA) is 99.2 Å². The number of ether oxygens (including phenoxy) is 4. The monoisotopic (exact) mass is 527 g/mol. The molecule has 0 saturated carbocycles. The molecule has 0 unspecified atom stereocenters. The van der Waals surface area contributed by atoms with E-state index in [1.165, 1.54) is 0 Å². The van der Waals surface area contributed by atoms with Crippen molar-refractivity contribution in [2.75, 3.05) is 52.9 Å². The van der Waals surface area contributed by atoms with Crippen LogP contribution in [0.25, 0.3) is 22.2 Å². The van der Waals surface area contributed by atoms with Crippen molar-refractivity contribution in [2.24, 2.45) is 0 Å². The molecular formula is C30H29N3O6. The van der Waals surface area contributed by atoms with Crippen LogP contribution in [0.15, 0.2) is 66.7 Å². The van der Waals surface area contributed by atoms with Gasteiger partial charge in [-0.15, -0.1) is 0 Å². The number of hydrogen-bond donors (Lipinski definition) is 1. The van der Waals surface area contributed by atoms with Crippen molar-refractivity contribution in [3.05, 3.63) is 77.9 Å². The molecule has 2 heterocycles. The molecule has 1 fully saturated rings. The Kier molecular flexibility index (Phi) is 7.60. The van der Waals surface area contributed by atoms with E-state index in [1.807, 2.05) is 24.3 Å². The number of anilines is 1. The normalized spacial score (nSPS) is 13.2. The quantitative estimate of drug-likeness (QED) is 0.373. The van der Waals surface area contributed by atoms with Crippen molar-refractivity contribution < 1.29 is 28.5 Å². The zero-order valence-corrected chi connectivity index (χ0v) is 22.0. The Hall–Kier alpha value is -4.63. The first-order valence-corrected chi connectivity index (χ1v) is 12.5. The summed E-state index contributed by atoms with van der Waals surface area (Å²) in [7, 11) is 4.64. The van der Waals surface area contributed by atoms with E-state index in [2.05, 4.69) is 5.32 Å². The van der Waals surface area contributed by atoms with Gasteiger partial charge in [-0.1, -0.05) is 24.3 Å². The number of methoxy groups -OCH3 is 3.